The van der Waals surface area contributed by atoms with Gasteiger partial charge in [0.25, 0.3) is 5.89 Å². The number of hydrogen-bond acceptors (Lipinski definition) is 6. The van der Waals surface area contributed by atoms with Crippen LogP contribution in [0, 0.1) is 0 Å². The van der Waals surface area contributed by atoms with Crippen LogP contribution in [-0.2, 0) is 4.74 Å². The van der Waals surface area contributed by atoms with Crippen LogP contribution in [0.15, 0.2) is 16.9 Å². The molecule has 1 aliphatic rings. The molecule has 2 unspecified atom stereocenters. The lowest BCUT2D eigenvalue weighted by Crippen LogP contribution is -2.18. The molecule has 2 aromatic rings. The molecule has 1 fully saturated rings. The van der Waals surface area contributed by atoms with Gasteiger partial charge in [0.15, 0.2) is 5.82 Å². The van der Waals surface area contributed by atoms with Crippen LogP contribution in [0.1, 0.15) is 24.8 Å². The average molecular weight is 235 g/mol. The van der Waals surface area contributed by atoms with Crippen LogP contribution < -0.4 is 5.73 Å². The monoisotopic (exact) mass is 235 g/mol. The maximum Gasteiger partial charge on any atom is 0.256 e. The smallest absolute Gasteiger partial charge is 0.256 e. The van der Waals surface area contributed by atoms with Gasteiger partial charge in [-0.3, -0.25) is 0 Å². The summed E-state index contributed by atoms with van der Waals surface area (Å²) in [4.78, 5) is 11.2. The molecule has 0 saturated carbocycles. The van der Waals surface area contributed by atoms with Crippen molar-refractivity contribution in [3.63, 3.8) is 0 Å². The molecule has 1 saturated heterocycles. The zero-order valence-corrected chi connectivity index (χ0v) is 9.17. The van der Waals surface area contributed by atoms with Crippen molar-refractivity contribution in [3.8, 4) is 11.6 Å². The number of aromatic nitrogens is 4. The first-order chi connectivity index (χ1) is 8.36. The number of hydrogen-bond donors (Lipinski definition) is 2. The Morgan fingerprint density at radius 3 is 3.12 bits per heavy atom. The zero-order valence-electron chi connectivity index (χ0n) is 9.17. The van der Waals surface area contributed by atoms with Gasteiger partial charge in [-0.05, 0) is 12.8 Å². The normalized spacial score (nSPS) is 24.3. The largest absolute Gasteiger partial charge is 0.364 e. The van der Waals surface area contributed by atoms with E-state index in [-0.39, 0.29) is 12.2 Å². The van der Waals surface area contributed by atoms with Crippen LogP contribution in [0.2, 0.25) is 0 Å². The molecule has 0 aromatic carbocycles. The predicted octanol–water partition coefficient (Wildman–Crippen LogP) is 0.638. The quantitative estimate of drug-likeness (QED) is 0.809. The third-order valence-corrected chi connectivity index (χ3v) is 2.80. The van der Waals surface area contributed by atoms with Crippen molar-refractivity contribution in [1.82, 2.24) is 20.1 Å². The van der Waals surface area contributed by atoms with Crippen molar-refractivity contribution in [2.24, 2.45) is 5.73 Å². The third-order valence-electron chi connectivity index (χ3n) is 2.80. The number of aromatic amines is 1. The Labute approximate surface area is 97.4 Å². The van der Waals surface area contributed by atoms with Crippen LogP contribution >= 0.6 is 0 Å². The van der Waals surface area contributed by atoms with Crippen LogP contribution in [0.5, 0.6) is 0 Å². The lowest BCUT2D eigenvalue weighted by Gasteiger charge is -2.07. The number of nitrogens with zero attached hydrogens (tertiary/aromatic N) is 3. The number of nitrogens with one attached hydrogen (secondary N) is 1. The van der Waals surface area contributed by atoms with E-state index in [2.05, 4.69) is 20.1 Å². The van der Waals surface area contributed by atoms with Crippen molar-refractivity contribution < 1.29 is 9.26 Å². The Morgan fingerprint density at radius 2 is 2.41 bits per heavy atom. The standard InChI is InChI=1S/C10H13N5O2/c11-5-6-1-2-7(16-6)10-14-9(15-17-10)8-12-3-4-13-8/h3-4,6-7H,1-2,5,11H2,(H,12,13). The van der Waals surface area contributed by atoms with E-state index in [0.29, 0.717) is 24.1 Å². The van der Waals surface area contributed by atoms with Gasteiger partial charge in [0, 0.05) is 18.9 Å². The number of rotatable bonds is 3. The topological polar surface area (TPSA) is 103 Å². The first-order valence-corrected chi connectivity index (χ1v) is 5.55. The summed E-state index contributed by atoms with van der Waals surface area (Å²) in [6, 6.07) is 0. The molecule has 3 N–H and O–H groups in total. The molecule has 0 spiro atoms. The van der Waals surface area contributed by atoms with Crippen molar-refractivity contribution >= 4 is 0 Å². The van der Waals surface area contributed by atoms with Gasteiger partial charge in [0.05, 0.1) is 6.10 Å². The molecule has 7 heteroatoms. The summed E-state index contributed by atoms with van der Waals surface area (Å²) < 4.78 is 10.9. The minimum absolute atomic E-state index is 0.0963. The van der Waals surface area contributed by atoms with E-state index >= 15 is 0 Å². The first kappa shape index (κ1) is 10.4. The Kier molecular flexibility index (Phi) is 2.62. The highest BCUT2D eigenvalue weighted by atomic mass is 16.5. The van der Waals surface area contributed by atoms with Crippen LogP contribution in [0.3, 0.4) is 0 Å². The summed E-state index contributed by atoms with van der Waals surface area (Å²) in [6.45, 7) is 0.523. The molecular formula is C10H13N5O2. The predicted molar refractivity (Wildman–Crippen MR) is 57.8 cm³/mol. The van der Waals surface area contributed by atoms with Crippen LogP contribution in [-0.4, -0.2) is 32.8 Å². The number of ether oxygens (including phenoxy) is 1. The molecule has 3 rings (SSSR count). The summed E-state index contributed by atoms with van der Waals surface area (Å²) in [5.41, 5.74) is 5.55. The average Bonchev–Trinajstić information content (AvgIpc) is 3.09. The second-order valence-electron chi connectivity index (χ2n) is 3.95. The van der Waals surface area contributed by atoms with Gasteiger partial charge in [-0.15, -0.1) is 0 Å². The molecule has 0 radical (unpaired) electrons. The highest BCUT2D eigenvalue weighted by Crippen LogP contribution is 2.31. The number of imidazole rings is 1. The zero-order chi connectivity index (χ0) is 11.7. The highest BCUT2D eigenvalue weighted by molar-refractivity contribution is 5.40. The Morgan fingerprint density at radius 1 is 1.47 bits per heavy atom. The van der Waals surface area contributed by atoms with Gasteiger partial charge < -0.3 is 20.0 Å². The maximum atomic E-state index is 5.68. The minimum atomic E-state index is -0.139. The second-order valence-corrected chi connectivity index (χ2v) is 3.95. The molecule has 0 amide bonds. The number of H-pyrrole nitrogens is 1. The second kappa shape index (κ2) is 4.27. The summed E-state index contributed by atoms with van der Waals surface area (Å²) in [5.74, 6) is 1.53. The SMILES string of the molecule is NCC1CCC(c2nc(-c3ncc[nH]3)no2)O1. The van der Waals surface area contributed by atoms with E-state index in [4.69, 9.17) is 15.0 Å². The van der Waals surface area contributed by atoms with E-state index < -0.39 is 0 Å². The summed E-state index contributed by atoms with van der Waals surface area (Å²) in [7, 11) is 0. The minimum Gasteiger partial charge on any atom is -0.364 e. The Hall–Kier alpha value is -1.73. The first-order valence-electron chi connectivity index (χ1n) is 5.55. The lowest BCUT2D eigenvalue weighted by molar-refractivity contribution is 0.0307. The summed E-state index contributed by atoms with van der Waals surface area (Å²) >= 11 is 0. The fraction of sp³-hybridized carbons (Fsp3) is 0.500. The highest BCUT2D eigenvalue weighted by Gasteiger charge is 2.30. The van der Waals surface area contributed by atoms with E-state index in [1.54, 1.807) is 12.4 Å². The Balaban J connectivity index is 1.77. The summed E-state index contributed by atoms with van der Waals surface area (Å²) in [5, 5.41) is 3.86. The molecular weight excluding hydrogens is 222 g/mol. The van der Waals surface area contributed by atoms with Crippen molar-refractivity contribution in [1.29, 1.82) is 0 Å². The van der Waals surface area contributed by atoms with Crippen LogP contribution in [0.25, 0.3) is 11.6 Å². The van der Waals surface area contributed by atoms with Gasteiger partial charge in [-0.1, -0.05) is 5.16 Å². The molecule has 17 heavy (non-hydrogen) atoms. The fourth-order valence-electron chi connectivity index (χ4n) is 1.91. The third kappa shape index (κ3) is 1.94. The fourth-order valence-corrected chi connectivity index (χ4v) is 1.91. The summed E-state index contributed by atoms with van der Waals surface area (Å²) in [6.07, 6.45) is 5.10. The molecule has 7 nitrogen and oxygen atoms in total. The van der Waals surface area contributed by atoms with Gasteiger partial charge in [-0.25, -0.2) is 4.98 Å². The molecule has 2 atom stereocenters. The van der Waals surface area contributed by atoms with Gasteiger partial charge >= 0.3 is 0 Å². The molecule has 90 valence electrons. The van der Waals surface area contributed by atoms with Crippen LogP contribution in [0.4, 0.5) is 0 Å². The molecule has 0 aliphatic carbocycles. The van der Waals surface area contributed by atoms with Gasteiger partial charge in [0.2, 0.25) is 5.82 Å². The maximum absolute atomic E-state index is 5.68. The van der Waals surface area contributed by atoms with E-state index in [1.807, 2.05) is 0 Å². The molecule has 0 bridgehead atoms. The molecule has 2 aromatic heterocycles. The van der Waals surface area contributed by atoms with Crippen molar-refractivity contribution in [2.45, 2.75) is 25.0 Å². The van der Waals surface area contributed by atoms with Crippen molar-refractivity contribution in [2.75, 3.05) is 6.54 Å². The molecule has 3 heterocycles. The van der Waals surface area contributed by atoms with Gasteiger partial charge in [-0.2, -0.15) is 4.98 Å². The van der Waals surface area contributed by atoms with E-state index in [1.165, 1.54) is 0 Å². The van der Waals surface area contributed by atoms with Crippen molar-refractivity contribution in [3.05, 3.63) is 18.3 Å². The van der Waals surface area contributed by atoms with E-state index in [0.717, 1.165) is 12.8 Å². The Bertz CT molecular complexity index is 481. The van der Waals surface area contributed by atoms with E-state index in [9.17, 15) is 0 Å². The number of nitrogens with two attached hydrogens (primary N) is 1. The van der Waals surface area contributed by atoms with Gasteiger partial charge in [0.1, 0.15) is 6.10 Å². The molecule has 1 aliphatic heterocycles. The lowest BCUT2D eigenvalue weighted by atomic mass is 10.2.